The zero-order valence-electron chi connectivity index (χ0n) is 20.9. The molecule has 1 N–H and O–H groups in total. The highest BCUT2D eigenvalue weighted by Gasteiger charge is 2.45. The van der Waals surface area contributed by atoms with Crippen LogP contribution in [0.1, 0.15) is 43.9 Å². The van der Waals surface area contributed by atoms with Gasteiger partial charge in [0.1, 0.15) is 23.4 Å². The minimum absolute atomic E-state index is 0.0609. The van der Waals surface area contributed by atoms with E-state index in [4.69, 9.17) is 9.47 Å². The first-order valence-electron chi connectivity index (χ1n) is 12.1. The van der Waals surface area contributed by atoms with Crippen LogP contribution in [0, 0.1) is 18.2 Å². The maximum atomic E-state index is 13.4. The molecule has 0 saturated heterocycles. The molecule has 1 saturated carbocycles. The van der Waals surface area contributed by atoms with E-state index in [1.54, 1.807) is 30.1 Å². The SMILES string of the molecule is COc1ccc(C(Oc2ccc3c(cnn3-c3ccc(F)cc3)c2)C(C)NC(=O)C2(C)CC2)c(C)c1. The van der Waals surface area contributed by atoms with Crippen molar-refractivity contribution in [2.45, 2.75) is 45.8 Å². The van der Waals surface area contributed by atoms with Gasteiger partial charge in [-0.3, -0.25) is 4.79 Å². The number of benzene rings is 3. The van der Waals surface area contributed by atoms with Crippen LogP contribution in [0.3, 0.4) is 0 Å². The number of aromatic nitrogens is 2. The molecule has 186 valence electrons. The van der Waals surface area contributed by atoms with Crippen molar-refractivity contribution in [2.75, 3.05) is 7.11 Å². The molecule has 1 amide bonds. The van der Waals surface area contributed by atoms with E-state index in [2.05, 4.69) is 10.4 Å². The summed E-state index contributed by atoms with van der Waals surface area (Å²) >= 11 is 0. The van der Waals surface area contributed by atoms with Gasteiger partial charge in [-0.2, -0.15) is 5.10 Å². The quantitative estimate of drug-likeness (QED) is 0.336. The van der Waals surface area contributed by atoms with E-state index in [1.165, 1.54) is 12.1 Å². The first-order chi connectivity index (χ1) is 17.3. The summed E-state index contributed by atoms with van der Waals surface area (Å²) in [6, 6.07) is 17.6. The van der Waals surface area contributed by atoms with Crippen LogP contribution in [0.5, 0.6) is 11.5 Å². The highest BCUT2D eigenvalue weighted by molar-refractivity contribution is 5.85. The molecule has 6 nitrogen and oxygen atoms in total. The maximum Gasteiger partial charge on any atom is 0.226 e. The Morgan fingerprint density at radius 3 is 2.47 bits per heavy atom. The third kappa shape index (κ3) is 4.65. The van der Waals surface area contributed by atoms with Crippen LogP contribution >= 0.6 is 0 Å². The van der Waals surface area contributed by atoms with Crippen LogP contribution in [0.25, 0.3) is 16.6 Å². The number of methoxy groups -OCH3 is 1. The summed E-state index contributed by atoms with van der Waals surface area (Å²) in [4.78, 5) is 12.8. The third-order valence-electron chi connectivity index (χ3n) is 7.02. The van der Waals surface area contributed by atoms with Crippen LogP contribution in [-0.2, 0) is 4.79 Å². The molecule has 1 fully saturated rings. The number of halogens is 1. The van der Waals surface area contributed by atoms with Crippen LogP contribution in [-0.4, -0.2) is 28.8 Å². The van der Waals surface area contributed by atoms with Crippen molar-refractivity contribution < 1.29 is 18.7 Å². The highest BCUT2D eigenvalue weighted by Crippen LogP contribution is 2.45. The number of rotatable bonds is 8. The van der Waals surface area contributed by atoms with Crippen molar-refractivity contribution in [1.82, 2.24) is 15.1 Å². The average Bonchev–Trinajstić information content (AvgIpc) is 3.49. The van der Waals surface area contributed by atoms with E-state index in [1.807, 2.05) is 57.2 Å². The number of hydrogen-bond acceptors (Lipinski definition) is 4. The predicted molar refractivity (Wildman–Crippen MR) is 137 cm³/mol. The fraction of sp³-hybridized carbons (Fsp3) is 0.310. The van der Waals surface area contributed by atoms with Crippen molar-refractivity contribution in [1.29, 1.82) is 0 Å². The van der Waals surface area contributed by atoms with Crippen molar-refractivity contribution in [3.63, 3.8) is 0 Å². The molecule has 1 aliphatic rings. The molecule has 1 heterocycles. The smallest absolute Gasteiger partial charge is 0.226 e. The molecule has 5 rings (SSSR count). The summed E-state index contributed by atoms with van der Waals surface area (Å²) in [6.45, 7) is 5.99. The van der Waals surface area contributed by atoms with Gasteiger partial charge in [-0.05, 0) is 92.4 Å². The molecular weight excluding hydrogens is 457 g/mol. The Labute approximate surface area is 210 Å². The van der Waals surface area contributed by atoms with Gasteiger partial charge in [0.05, 0.1) is 30.6 Å². The Morgan fingerprint density at radius 2 is 1.81 bits per heavy atom. The predicted octanol–water partition coefficient (Wildman–Crippen LogP) is 5.91. The Morgan fingerprint density at radius 1 is 1.08 bits per heavy atom. The second-order valence-electron chi connectivity index (χ2n) is 9.84. The monoisotopic (exact) mass is 487 g/mol. The summed E-state index contributed by atoms with van der Waals surface area (Å²) in [5, 5.41) is 8.56. The van der Waals surface area contributed by atoms with Crippen molar-refractivity contribution in [2.24, 2.45) is 5.41 Å². The summed E-state index contributed by atoms with van der Waals surface area (Å²) < 4.78 is 27.1. The number of carbonyl (C=O) groups excluding carboxylic acids is 1. The number of fused-ring (bicyclic) bond motifs is 1. The maximum absolute atomic E-state index is 13.4. The molecule has 3 aromatic carbocycles. The standard InChI is InChI=1S/C29H30FN3O3/c1-18-15-23(35-4)9-11-25(18)27(19(2)32-28(34)29(3)13-14-29)36-24-10-12-26-20(16-24)17-31-33(26)22-7-5-21(30)6-8-22/h5-12,15-17,19,27H,13-14H2,1-4H3,(H,32,34). The van der Waals surface area contributed by atoms with Crippen LogP contribution < -0.4 is 14.8 Å². The largest absolute Gasteiger partial charge is 0.497 e. The molecule has 1 aliphatic carbocycles. The van der Waals surface area contributed by atoms with Gasteiger partial charge in [0.2, 0.25) is 5.91 Å². The summed E-state index contributed by atoms with van der Waals surface area (Å²) in [5.41, 5.74) is 3.38. The van der Waals surface area contributed by atoms with Gasteiger partial charge in [-0.15, -0.1) is 0 Å². The summed E-state index contributed by atoms with van der Waals surface area (Å²) in [5.74, 6) is 1.21. The molecule has 0 bridgehead atoms. The summed E-state index contributed by atoms with van der Waals surface area (Å²) in [7, 11) is 1.64. The van der Waals surface area contributed by atoms with Crippen LogP contribution in [0.15, 0.2) is 66.9 Å². The molecule has 2 atom stereocenters. The third-order valence-corrected chi connectivity index (χ3v) is 7.02. The van der Waals surface area contributed by atoms with Gasteiger partial charge in [0, 0.05) is 10.8 Å². The summed E-state index contributed by atoms with van der Waals surface area (Å²) in [6.07, 6.45) is 3.17. The molecule has 4 aromatic rings. The number of carbonyl (C=O) groups is 1. The number of hydrogen-bond donors (Lipinski definition) is 1. The fourth-order valence-electron chi connectivity index (χ4n) is 4.42. The fourth-order valence-corrected chi connectivity index (χ4v) is 4.42. The van der Waals surface area contributed by atoms with E-state index in [0.717, 1.165) is 46.3 Å². The lowest BCUT2D eigenvalue weighted by Gasteiger charge is -2.29. The average molecular weight is 488 g/mol. The molecule has 36 heavy (non-hydrogen) atoms. The lowest BCUT2D eigenvalue weighted by molar-refractivity contribution is -0.127. The van der Waals surface area contributed by atoms with E-state index < -0.39 is 6.10 Å². The van der Waals surface area contributed by atoms with Crippen molar-refractivity contribution >= 4 is 16.8 Å². The molecule has 7 heteroatoms. The molecule has 0 spiro atoms. The van der Waals surface area contributed by atoms with Crippen LogP contribution in [0.2, 0.25) is 0 Å². The minimum Gasteiger partial charge on any atom is -0.497 e. The number of aryl methyl sites for hydroxylation is 1. The molecular formula is C29H30FN3O3. The molecule has 0 aliphatic heterocycles. The minimum atomic E-state index is -0.410. The molecule has 2 unspecified atom stereocenters. The van der Waals surface area contributed by atoms with E-state index in [0.29, 0.717) is 5.75 Å². The Hall–Kier alpha value is -3.87. The van der Waals surface area contributed by atoms with Gasteiger partial charge in [-0.1, -0.05) is 13.0 Å². The molecule has 1 aromatic heterocycles. The van der Waals surface area contributed by atoms with E-state index >= 15 is 0 Å². The second-order valence-corrected chi connectivity index (χ2v) is 9.84. The lowest BCUT2D eigenvalue weighted by atomic mass is 9.97. The zero-order chi connectivity index (χ0) is 25.4. The number of ether oxygens (including phenoxy) is 2. The number of amides is 1. The Bertz CT molecular complexity index is 1410. The van der Waals surface area contributed by atoms with Crippen molar-refractivity contribution in [3.8, 4) is 17.2 Å². The van der Waals surface area contributed by atoms with E-state index in [-0.39, 0.29) is 23.2 Å². The van der Waals surface area contributed by atoms with Gasteiger partial charge < -0.3 is 14.8 Å². The number of nitrogens with zero attached hydrogens (tertiary/aromatic N) is 2. The zero-order valence-corrected chi connectivity index (χ0v) is 20.9. The van der Waals surface area contributed by atoms with Crippen molar-refractivity contribution in [3.05, 3.63) is 83.8 Å². The number of nitrogens with one attached hydrogen (secondary N) is 1. The highest BCUT2D eigenvalue weighted by atomic mass is 19.1. The van der Waals surface area contributed by atoms with Gasteiger partial charge in [0.15, 0.2) is 0 Å². The lowest BCUT2D eigenvalue weighted by Crippen LogP contribution is -2.42. The molecule has 0 radical (unpaired) electrons. The topological polar surface area (TPSA) is 65.4 Å². The van der Waals surface area contributed by atoms with Gasteiger partial charge in [0.25, 0.3) is 0 Å². The Balaban J connectivity index is 1.45. The van der Waals surface area contributed by atoms with E-state index in [9.17, 15) is 9.18 Å². The first-order valence-corrected chi connectivity index (χ1v) is 12.1. The van der Waals surface area contributed by atoms with Crippen LogP contribution in [0.4, 0.5) is 4.39 Å². The second kappa shape index (κ2) is 9.30. The van der Waals surface area contributed by atoms with Gasteiger partial charge in [-0.25, -0.2) is 9.07 Å². The normalized spacial score (nSPS) is 15.8. The Kier molecular flexibility index (Phi) is 6.16. The van der Waals surface area contributed by atoms with Gasteiger partial charge >= 0.3 is 0 Å². The first kappa shape index (κ1) is 23.9.